The monoisotopic (exact) mass is 267 g/mol. The molecule has 1 amide bonds. The minimum Gasteiger partial charge on any atom is -0.332 e. The summed E-state index contributed by atoms with van der Waals surface area (Å²) < 4.78 is 0. The molecule has 0 bridgehead atoms. The first-order valence-corrected chi connectivity index (χ1v) is 6.99. The molecule has 0 aromatic heterocycles. The minimum absolute atomic E-state index is 0.0869. The van der Waals surface area contributed by atoms with E-state index in [9.17, 15) is 4.79 Å². The van der Waals surface area contributed by atoms with Crippen molar-refractivity contribution in [3.05, 3.63) is 71.3 Å². The first kappa shape index (κ1) is 14.3. The van der Waals surface area contributed by atoms with Crippen LogP contribution in [0.25, 0.3) is 0 Å². The van der Waals surface area contributed by atoms with Crippen molar-refractivity contribution in [3.8, 4) is 0 Å². The molecule has 0 aliphatic heterocycles. The third kappa shape index (κ3) is 3.47. The molecule has 0 unspecified atom stereocenters. The molecule has 20 heavy (non-hydrogen) atoms. The Morgan fingerprint density at radius 2 is 1.60 bits per heavy atom. The van der Waals surface area contributed by atoms with Crippen LogP contribution >= 0.6 is 0 Å². The Labute approximate surface area is 121 Å². The Morgan fingerprint density at radius 1 is 1.00 bits per heavy atom. The third-order valence-corrected chi connectivity index (χ3v) is 3.38. The number of hydrogen-bond acceptors (Lipinski definition) is 1. The van der Waals surface area contributed by atoms with Gasteiger partial charge in [0.2, 0.25) is 0 Å². The molecule has 2 aromatic rings. The van der Waals surface area contributed by atoms with Crippen molar-refractivity contribution in [2.45, 2.75) is 33.4 Å². The Morgan fingerprint density at radius 3 is 2.15 bits per heavy atom. The van der Waals surface area contributed by atoms with Crippen LogP contribution in [0.3, 0.4) is 0 Å². The smallest absolute Gasteiger partial charge is 0.254 e. The van der Waals surface area contributed by atoms with E-state index in [1.807, 2.05) is 54.3 Å². The van der Waals surface area contributed by atoms with Gasteiger partial charge in [0.15, 0.2) is 0 Å². The summed E-state index contributed by atoms with van der Waals surface area (Å²) in [4.78, 5) is 14.5. The maximum Gasteiger partial charge on any atom is 0.254 e. The molecule has 0 heterocycles. The van der Waals surface area contributed by atoms with Crippen molar-refractivity contribution in [1.29, 1.82) is 0 Å². The topological polar surface area (TPSA) is 20.3 Å². The fourth-order valence-electron chi connectivity index (χ4n) is 2.13. The molecule has 0 spiro atoms. The SMILES string of the molecule is Cc1ccc(C(=O)N(Cc2ccccc2)C(C)C)cc1. The quantitative estimate of drug-likeness (QED) is 0.818. The molecule has 0 atom stereocenters. The van der Waals surface area contributed by atoms with Crippen LogP contribution in [0, 0.1) is 6.92 Å². The fourth-order valence-corrected chi connectivity index (χ4v) is 2.13. The van der Waals surface area contributed by atoms with Gasteiger partial charge in [-0.1, -0.05) is 48.0 Å². The molecular formula is C18H21NO. The highest BCUT2D eigenvalue weighted by Crippen LogP contribution is 2.14. The summed E-state index contributed by atoms with van der Waals surface area (Å²) in [5.41, 5.74) is 3.07. The van der Waals surface area contributed by atoms with Crippen LogP contribution in [0.5, 0.6) is 0 Å². The fraction of sp³-hybridized carbons (Fsp3) is 0.278. The zero-order valence-electron chi connectivity index (χ0n) is 12.3. The lowest BCUT2D eigenvalue weighted by Gasteiger charge is -2.27. The van der Waals surface area contributed by atoms with E-state index in [1.165, 1.54) is 5.56 Å². The molecule has 104 valence electrons. The van der Waals surface area contributed by atoms with Gasteiger partial charge in [-0.25, -0.2) is 0 Å². The molecular weight excluding hydrogens is 246 g/mol. The number of benzene rings is 2. The third-order valence-electron chi connectivity index (χ3n) is 3.38. The number of rotatable bonds is 4. The highest BCUT2D eigenvalue weighted by molar-refractivity contribution is 5.94. The van der Waals surface area contributed by atoms with Gasteiger partial charge in [0.1, 0.15) is 0 Å². The highest BCUT2D eigenvalue weighted by atomic mass is 16.2. The van der Waals surface area contributed by atoms with Crippen molar-refractivity contribution in [2.24, 2.45) is 0 Å². The first-order valence-electron chi connectivity index (χ1n) is 6.99. The minimum atomic E-state index is 0.0869. The van der Waals surface area contributed by atoms with E-state index in [-0.39, 0.29) is 11.9 Å². The Bertz CT molecular complexity index is 558. The normalized spacial score (nSPS) is 10.6. The number of nitrogens with zero attached hydrogens (tertiary/aromatic N) is 1. The largest absolute Gasteiger partial charge is 0.332 e. The number of carbonyl (C=O) groups excluding carboxylic acids is 1. The molecule has 2 rings (SSSR count). The van der Waals surface area contributed by atoms with Crippen LogP contribution in [0.1, 0.15) is 35.3 Å². The van der Waals surface area contributed by atoms with Gasteiger partial charge >= 0.3 is 0 Å². The van der Waals surface area contributed by atoms with Gasteiger partial charge in [0.05, 0.1) is 0 Å². The number of carbonyl (C=O) groups is 1. The van der Waals surface area contributed by atoms with Crippen LogP contribution < -0.4 is 0 Å². The number of hydrogen-bond donors (Lipinski definition) is 0. The Kier molecular flexibility index (Phi) is 4.57. The van der Waals surface area contributed by atoms with Crippen LogP contribution in [-0.2, 0) is 6.54 Å². The van der Waals surface area contributed by atoms with E-state index in [1.54, 1.807) is 0 Å². The van der Waals surface area contributed by atoms with E-state index in [0.717, 1.165) is 11.1 Å². The standard InChI is InChI=1S/C18H21NO/c1-14(2)19(13-16-7-5-4-6-8-16)18(20)17-11-9-15(3)10-12-17/h4-12,14H,13H2,1-3H3. The van der Waals surface area contributed by atoms with Gasteiger partial charge in [-0.2, -0.15) is 0 Å². The second-order valence-electron chi connectivity index (χ2n) is 5.38. The van der Waals surface area contributed by atoms with Gasteiger partial charge in [-0.3, -0.25) is 4.79 Å². The van der Waals surface area contributed by atoms with Crippen LogP contribution in [0.15, 0.2) is 54.6 Å². The van der Waals surface area contributed by atoms with E-state index in [2.05, 4.69) is 26.0 Å². The molecule has 2 nitrogen and oxygen atoms in total. The molecule has 0 saturated carbocycles. The highest BCUT2D eigenvalue weighted by Gasteiger charge is 2.18. The molecule has 2 aromatic carbocycles. The van der Waals surface area contributed by atoms with Crippen LogP contribution in [0.4, 0.5) is 0 Å². The second-order valence-corrected chi connectivity index (χ2v) is 5.38. The molecule has 0 aliphatic rings. The van der Waals surface area contributed by atoms with Crippen molar-refractivity contribution in [1.82, 2.24) is 4.90 Å². The van der Waals surface area contributed by atoms with Crippen molar-refractivity contribution < 1.29 is 4.79 Å². The average Bonchev–Trinajstić information content (AvgIpc) is 2.45. The zero-order valence-corrected chi connectivity index (χ0v) is 12.3. The maximum atomic E-state index is 12.6. The molecule has 0 fully saturated rings. The summed E-state index contributed by atoms with van der Waals surface area (Å²) in [5.74, 6) is 0.0869. The average molecular weight is 267 g/mol. The van der Waals surface area contributed by atoms with Crippen molar-refractivity contribution in [2.75, 3.05) is 0 Å². The van der Waals surface area contributed by atoms with Gasteiger partial charge in [0, 0.05) is 18.2 Å². The molecule has 2 heteroatoms. The van der Waals surface area contributed by atoms with E-state index >= 15 is 0 Å². The van der Waals surface area contributed by atoms with Gasteiger partial charge in [-0.05, 0) is 38.5 Å². The Hall–Kier alpha value is -2.09. The second kappa shape index (κ2) is 6.38. The molecule has 0 radical (unpaired) electrons. The zero-order chi connectivity index (χ0) is 14.5. The summed E-state index contributed by atoms with van der Waals surface area (Å²) in [5, 5.41) is 0. The summed E-state index contributed by atoms with van der Waals surface area (Å²) in [6.07, 6.45) is 0. The lowest BCUT2D eigenvalue weighted by molar-refractivity contribution is 0.0690. The molecule has 0 saturated heterocycles. The van der Waals surface area contributed by atoms with Gasteiger partial charge < -0.3 is 4.90 Å². The lowest BCUT2D eigenvalue weighted by Crippen LogP contribution is -2.36. The summed E-state index contributed by atoms with van der Waals surface area (Å²) in [7, 11) is 0. The van der Waals surface area contributed by atoms with Gasteiger partial charge in [-0.15, -0.1) is 0 Å². The van der Waals surface area contributed by atoms with Gasteiger partial charge in [0.25, 0.3) is 5.91 Å². The number of aryl methyl sites for hydroxylation is 1. The maximum absolute atomic E-state index is 12.6. The van der Waals surface area contributed by atoms with Crippen molar-refractivity contribution in [3.63, 3.8) is 0 Å². The van der Waals surface area contributed by atoms with E-state index in [4.69, 9.17) is 0 Å². The predicted octanol–water partition coefficient (Wildman–Crippen LogP) is 4.05. The summed E-state index contributed by atoms with van der Waals surface area (Å²) in [6.45, 7) is 6.77. The Balaban J connectivity index is 2.20. The van der Waals surface area contributed by atoms with Crippen molar-refractivity contribution >= 4 is 5.91 Å². The summed E-state index contributed by atoms with van der Waals surface area (Å²) in [6, 6.07) is 18.0. The van der Waals surface area contributed by atoms with E-state index < -0.39 is 0 Å². The van der Waals surface area contributed by atoms with E-state index in [0.29, 0.717) is 6.54 Å². The predicted molar refractivity (Wildman–Crippen MR) is 82.6 cm³/mol. The summed E-state index contributed by atoms with van der Waals surface area (Å²) >= 11 is 0. The van der Waals surface area contributed by atoms with Crippen LogP contribution in [0.2, 0.25) is 0 Å². The first-order chi connectivity index (χ1) is 9.58. The number of amides is 1. The molecule has 0 aliphatic carbocycles. The van der Waals surface area contributed by atoms with Crippen LogP contribution in [-0.4, -0.2) is 16.8 Å². The molecule has 0 N–H and O–H groups in total. The lowest BCUT2D eigenvalue weighted by atomic mass is 10.1.